The van der Waals surface area contributed by atoms with E-state index in [-0.39, 0.29) is 33.0 Å². The van der Waals surface area contributed by atoms with Crippen molar-refractivity contribution in [3.05, 3.63) is 12.7 Å². The Morgan fingerprint density at radius 1 is 1.32 bits per heavy atom. The highest BCUT2D eigenvalue weighted by molar-refractivity contribution is 5.81. The standard InChI is InChI=1S/C12H21NO6/c1-3-10(16)18-6-5-13-11(17)19-9-12(4-2,7-14)8-15/h3,14-15H,1,4-9H2,2H3,(H,13,17). The van der Waals surface area contributed by atoms with E-state index >= 15 is 0 Å². The highest BCUT2D eigenvalue weighted by atomic mass is 16.6. The van der Waals surface area contributed by atoms with E-state index in [1.165, 1.54) is 0 Å². The lowest BCUT2D eigenvalue weighted by Crippen LogP contribution is -2.38. The van der Waals surface area contributed by atoms with Gasteiger partial charge in [0.05, 0.1) is 25.2 Å². The van der Waals surface area contributed by atoms with Crippen LogP contribution in [-0.4, -0.2) is 55.2 Å². The largest absolute Gasteiger partial charge is 0.461 e. The highest BCUT2D eigenvalue weighted by Gasteiger charge is 2.28. The molecule has 0 saturated heterocycles. The van der Waals surface area contributed by atoms with Crippen LogP contribution in [0.5, 0.6) is 0 Å². The van der Waals surface area contributed by atoms with Gasteiger partial charge in [-0.05, 0) is 6.42 Å². The first-order valence-electron chi connectivity index (χ1n) is 5.95. The van der Waals surface area contributed by atoms with Crippen LogP contribution in [0.25, 0.3) is 0 Å². The summed E-state index contributed by atoms with van der Waals surface area (Å²) < 4.78 is 9.53. The van der Waals surface area contributed by atoms with Gasteiger partial charge in [0.25, 0.3) is 0 Å². The quantitative estimate of drug-likeness (QED) is 0.306. The summed E-state index contributed by atoms with van der Waals surface area (Å²) in [5.74, 6) is -0.569. The molecular formula is C12H21NO6. The first-order valence-corrected chi connectivity index (χ1v) is 5.95. The first kappa shape index (κ1) is 17.4. The predicted octanol–water partition coefficient (Wildman–Crippen LogP) is -0.177. The fourth-order valence-electron chi connectivity index (χ4n) is 1.10. The Morgan fingerprint density at radius 2 is 1.95 bits per heavy atom. The van der Waals surface area contributed by atoms with Gasteiger partial charge in [0.15, 0.2) is 0 Å². The molecule has 0 rings (SSSR count). The molecule has 0 aliphatic rings. The smallest absolute Gasteiger partial charge is 0.407 e. The van der Waals surface area contributed by atoms with E-state index in [9.17, 15) is 9.59 Å². The third kappa shape index (κ3) is 6.78. The zero-order valence-electron chi connectivity index (χ0n) is 11.1. The number of esters is 1. The molecule has 0 aromatic rings. The fourth-order valence-corrected chi connectivity index (χ4v) is 1.10. The molecule has 7 heteroatoms. The average molecular weight is 275 g/mol. The van der Waals surface area contributed by atoms with Gasteiger partial charge >= 0.3 is 12.1 Å². The molecule has 0 bridgehead atoms. The molecule has 110 valence electrons. The summed E-state index contributed by atoms with van der Waals surface area (Å²) in [6, 6.07) is 0. The van der Waals surface area contributed by atoms with E-state index in [1.54, 1.807) is 6.92 Å². The Morgan fingerprint density at radius 3 is 2.42 bits per heavy atom. The van der Waals surface area contributed by atoms with Crippen LogP contribution in [-0.2, 0) is 14.3 Å². The molecule has 0 aliphatic heterocycles. The number of aliphatic hydroxyl groups excluding tert-OH is 2. The van der Waals surface area contributed by atoms with Crippen LogP contribution in [0.4, 0.5) is 4.79 Å². The van der Waals surface area contributed by atoms with Crippen LogP contribution < -0.4 is 5.32 Å². The second kappa shape index (κ2) is 9.35. The first-order chi connectivity index (χ1) is 9.03. The van der Waals surface area contributed by atoms with E-state index in [2.05, 4.69) is 16.6 Å². The third-order valence-corrected chi connectivity index (χ3v) is 2.71. The van der Waals surface area contributed by atoms with Crippen molar-refractivity contribution in [2.45, 2.75) is 13.3 Å². The van der Waals surface area contributed by atoms with Gasteiger partial charge in [-0.1, -0.05) is 13.5 Å². The van der Waals surface area contributed by atoms with Gasteiger partial charge in [0, 0.05) is 6.08 Å². The van der Waals surface area contributed by atoms with Crippen molar-refractivity contribution >= 4 is 12.1 Å². The van der Waals surface area contributed by atoms with E-state index in [0.717, 1.165) is 6.08 Å². The summed E-state index contributed by atoms with van der Waals surface area (Å²) in [5.41, 5.74) is -0.827. The van der Waals surface area contributed by atoms with Gasteiger partial charge in [-0.25, -0.2) is 9.59 Å². The van der Waals surface area contributed by atoms with Crippen molar-refractivity contribution in [1.82, 2.24) is 5.32 Å². The van der Waals surface area contributed by atoms with Crippen LogP contribution in [0.15, 0.2) is 12.7 Å². The number of aliphatic hydroxyl groups is 2. The number of carbonyl (C=O) groups is 2. The summed E-state index contributed by atoms with van der Waals surface area (Å²) in [4.78, 5) is 22.0. The summed E-state index contributed by atoms with van der Waals surface area (Å²) in [7, 11) is 0. The SMILES string of the molecule is C=CC(=O)OCCNC(=O)OCC(CC)(CO)CO. The topological polar surface area (TPSA) is 105 Å². The summed E-state index contributed by atoms with van der Waals surface area (Å²) in [6.45, 7) is 4.49. The maximum Gasteiger partial charge on any atom is 0.407 e. The maximum atomic E-state index is 11.3. The van der Waals surface area contributed by atoms with E-state index in [4.69, 9.17) is 14.9 Å². The minimum atomic E-state index is -0.827. The fraction of sp³-hybridized carbons (Fsp3) is 0.667. The molecule has 7 nitrogen and oxygen atoms in total. The molecule has 0 spiro atoms. The van der Waals surface area contributed by atoms with Crippen molar-refractivity contribution in [3.63, 3.8) is 0 Å². The molecule has 0 aliphatic carbocycles. The normalized spacial score (nSPS) is 10.7. The van der Waals surface area contributed by atoms with Gasteiger partial charge in [-0.2, -0.15) is 0 Å². The number of alkyl carbamates (subject to hydrolysis) is 1. The molecule has 1 amide bonds. The molecular weight excluding hydrogens is 254 g/mol. The molecule has 0 heterocycles. The Hall–Kier alpha value is -1.60. The number of hydrogen-bond acceptors (Lipinski definition) is 6. The van der Waals surface area contributed by atoms with Gasteiger partial charge < -0.3 is 25.0 Å². The number of rotatable bonds is 9. The van der Waals surface area contributed by atoms with Crippen LogP contribution in [0, 0.1) is 5.41 Å². The minimum Gasteiger partial charge on any atom is -0.461 e. The van der Waals surface area contributed by atoms with Crippen LogP contribution >= 0.6 is 0 Å². The van der Waals surface area contributed by atoms with E-state index in [1.807, 2.05) is 0 Å². The minimum absolute atomic E-state index is 0.0128. The summed E-state index contributed by atoms with van der Waals surface area (Å²) >= 11 is 0. The Balaban J connectivity index is 3.86. The average Bonchev–Trinajstić information content (AvgIpc) is 2.45. The van der Waals surface area contributed by atoms with Crippen molar-refractivity contribution in [1.29, 1.82) is 0 Å². The lowest BCUT2D eigenvalue weighted by atomic mass is 9.88. The lowest BCUT2D eigenvalue weighted by Gasteiger charge is -2.27. The number of ether oxygens (including phenoxy) is 2. The molecule has 3 N–H and O–H groups in total. The van der Waals surface area contributed by atoms with E-state index < -0.39 is 17.5 Å². The van der Waals surface area contributed by atoms with Crippen molar-refractivity contribution in [3.8, 4) is 0 Å². The van der Waals surface area contributed by atoms with Crippen molar-refractivity contribution in [2.75, 3.05) is 33.0 Å². The van der Waals surface area contributed by atoms with Crippen molar-refractivity contribution in [2.24, 2.45) is 5.41 Å². The highest BCUT2D eigenvalue weighted by Crippen LogP contribution is 2.20. The molecule has 0 aromatic heterocycles. The van der Waals surface area contributed by atoms with Crippen LogP contribution in [0.2, 0.25) is 0 Å². The number of nitrogens with one attached hydrogen (secondary N) is 1. The number of amides is 1. The van der Waals surface area contributed by atoms with Crippen LogP contribution in [0.1, 0.15) is 13.3 Å². The number of carbonyl (C=O) groups excluding carboxylic acids is 2. The molecule has 0 aromatic carbocycles. The Kier molecular flexibility index (Phi) is 8.56. The van der Waals surface area contributed by atoms with Crippen molar-refractivity contribution < 1.29 is 29.3 Å². The Bertz CT molecular complexity index is 292. The zero-order chi connectivity index (χ0) is 14.7. The van der Waals surface area contributed by atoms with Gasteiger partial charge in [-0.15, -0.1) is 0 Å². The van der Waals surface area contributed by atoms with Gasteiger partial charge in [-0.3, -0.25) is 0 Å². The van der Waals surface area contributed by atoms with Crippen LogP contribution in [0.3, 0.4) is 0 Å². The second-order valence-corrected chi connectivity index (χ2v) is 4.04. The molecule has 0 radical (unpaired) electrons. The monoisotopic (exact) mass is 275 g/mol. The Labute approximate surface area is 112 Å². The zero-order valence-corrected chi connectivity index (χ0v) is 11.1. The molecule has 0 fully saturated rings. The predicted molar refractivity (Wildman–Crippen MR) is 67.4 cm³/mol. The summed E-state index contributed by atoms with van der Waals surface area (Å²) in [6.07, 6.45) is 0.801. The second-order valence-electron chi connectivity index (χ2n) is 4.04. The molecule has 19 heavy (non-hydrogen) atoms. The molecule has 0 atom stereocenters. The van der Waals surface area contributed by atoms with Gasteiger partial charge in [0.2, 0.25) is 0 Å². The third-order valence-electron chi connectivity index (χ3n) is 2.71. The molecule has 0 saturated carbocycles. The van der Waals surface area contributed by atoms with E-state index in [0.29, 0.717) is 6.42 Å². The molecule has 0 unspecified atom stereocenters. The summed E-state index contributed by atoms with van der Waals surface area (Å²) in [5, 5.41) is 20.7. The lowest BCUT2D eigenvalue weighted by molar-refractivity contribution is -0.137. The number of hydrogen-bond donors (Lipinski definition) is 3. The van der Waals surface area contributed by atoms with Gasteiger partial charge in [0.1, 0.15) is 13.2 Å². The maximum absolute atomic E-state index is 11.3.